The number of ketones is 1. The standard InChI is InChI=1S/C30H29NO3/c1-21-13-14-25-27(32)20-30(34-28(25)22(21)2)15-17-31(18-16-30)29(33)26(24-11-7-4-8-12-24)19-23-9-5-3-6-10-23/h3-14,19H,15-18,20H2,1-2H3/b26-19-. The Balaban J connectivity index is 1.38. The zero-order valence-electron chi connectivity index (χ0n) is 19.7. The summed E-state index contributed by atoms with van der Waals surface area (Å²) in [4.78, 5) is 28.6. The first-order valence-corrected chi connectivity index (χ1v) is 11.9. The summed E-state index contributed by atoms with van der Waals surface area (Å²) in [7, 11) is 0. The van der Waals surface area contributed by atoms with E-state index in [1.165, 1.54) is 0 Å². The molecule has 2 aliphatic heterocycles. The molecule has 34 heavy (non-hydrogen) atoms. The summed E-state index contributed by atoms with van der Waals surface area (Å²) in [5.74, 6) is 0.877. The molecule has 1 saturated heterocycles. The minimum atomic E-state index is -0.532. The Hall–Kier alpha value is -3.66. The van der Waals surface area contributed by atoms with Crippen molar-refractivity contribution in [2.24, 2.45) is 0 Å². The fourth-order valence-electron chi connectivity index (χ4n) is 4.95. The highest BCUT2D eigenvalue weighted by molar-refractivity contribution is 6.24. The first kappa shape index (κ1) is 22.1. The molecule has 0 atom stereocenters. The van der Waals surface area contributed by atoms with Gasteiger partial charge in [-0.3, -0.25) is 9.59 Å². The van der Waals surface area contributed by atoms with E-state index in [0.717, 1.165) is 28.0 Å². The van der Waals surface area contributed by atoms with E-state index >= 15 is 0 Å². The van der Waals surface area contributed by atoms with Crippen molar-refractivity contribution >= 4 is 23.3 Å². The second-order valence-electron chi connectivity index (χ2n) is 9.40. The number of carbonyl (C=O) groups is 2. The molecule has 3 aromatic carbocycles. The van der Waals surface area contributed by atoms with Crippen LogP contribution in [0.5, 0.6) is 5.75 Å². The summed E-state index contributed by atoms with van der Waals surface area (Å²) in [6.07, 6.45) is 3.62. The fraction of sp³-hybridized carbons (Fsp3) is 0.267. The van der Waals surface area contributed by atoms with E-state index in [1.807, 2.05) is 97.6 Å². The lowest BCUT2D eigenvalue weighted by molar-refractivity contribution is -0.128. The van der Waals surface area contributed by atoms with E-state index in [4.69, 9.17) is 4.74 Å². The number of ether oxygens (including phenoxy) is 1. The predicted octanol–water partition coefficient (Wildman–Crippen LogP) is 5.87. The number of Topliss-reactive ketones (excluding diaryl/α,β-unsaturated/α-hetero) is 1. The van der Waals surface area contributed by atoms with Crippen LogP contribution in [0.25, 0.3) is 11.6 Å². The molecule has 5 rings (SSSR count). The molecule has 172 valence electrons. The molecule has 2 aliphatic rings. The molecule has 3 aromatic rings. The first-order chi connectivity index (χ1) is 16.5. The number of carbonyl (C=O) groups excluding carboxylic acids is 2. The molecule has 1 fully saturated rings. The van der Waals surface area contributed by atoms with E-state index in [9.17, 15) is 9.59 Å². The predicted molar refractivity (Wildman–Crippen MR) is 135 cm³/mol. The highest BCUT2D eigenvalue weighted by Crippen LogP contribution is 2.42. The van der Waals surface area contributed by atoms with Crippen LogP contribution in [0.1, 0.15) is 51.9 Å². The molecular formula is C30H29NO3. The average molecular weight is 452 g/mol. The number of hydrogen-bond donors (Lipinski definition) is 0. The van der Waals surface area contributed by atoms with Gasteiger partial charge in [0.05, 0.1) is 12.0 Å². The third-order valence-electron chi connectivity index (χ3n) is 7.17. The molecule has 1 spiro atoms. The number of piperidine rings is 1. The van der Waals surface area contributed by atoms with Gasteiger partial charge in [0.25, 0.3) is 5.91 Å². The van der Waals surface area contributed by atoms with Crippen molar-refractivity contribution in [1.29, 1.82) is 0 Å². The van der Waals surface area contributed by atoms with E-state index in [0.29, 0.717) is 43.5 Å². The van der Waals surface area contributed by atoms with E-state index in [1.54, 1.807) is 0 Å². The van der Waals surface area contributed by atoms with Gasteiger partial charge in [-0.15, -0.1) is 0 Å². The van der Waals surface area contributed by atoms with Crippen LogP contribution in [0.2, 0.25) is 0 Å². The Morgan fingerprint density at radius 3 is 2.24 bits per heavy atom. The van der Waals surface area contributed by atoms with Gasteiger partial charge in [-0.25, -0.2) is 0 Å². The molecular weight excluding hydrogens is 422 g/mol. The van der Waals surface area contributed by atoms with Crippen molar-refractivity contribution in [3.63, 3.8) is 0 Å². The maximum Gasteiger partial charge on any atom is 0.254 e. The van der Waals surface area contributed by atoms with Crippen molar-refractivity contribution < 1.29 is 14.3 Å². The Kier molecular flexibility index (Phi) is 5.82. The molecule has 4 heteroatoms. The molecule has 4 nitrogen and oxygen atoms in total. The molecule has 0 aromatic heterocycles. The van der Waals surface area contributed by atoms with Crippen molar-refractivity contribution in [1.82, 2.24) is 4.90 Å². The maximum atomic E-state index is 13.7. The van der Waals surface area contributed by atoms with Gasteiger partial charge in [-0.1, -0.05) is 66.7 Å². The SMILES string of the molecule is Cc1ccc2c(c1C)OC1(CCN(C(=O)/C(=C\c3ccccc3)c3ccccc3)CC1)CC2=O. The Bertz CT molecular complexity index is 1250. The van der Waals surface area contributed by atoms with Gasteiger partial charge in [0, 0.05) is 31.5 Å². The van der Waals surface area contributed by atoms with E-state index in [2.05, 4.69) is 0 Å². The minimum Gasteiger partial charge on any atom is -0.486 e. The summed E-state index contributed by atoms with van der Waals surface area (Å²) in [6.45, 7) is 5.17. The summed E-state index contributed by atoms with van der Waals surface area (Å²) in [5, 5.41) is 0. The minimum absolute atomic E-state index is 0.0134. The summed E-state index contributed by atoms with van der Waals surface area (Å²) in [6, 6.07) is 23.6. The van der Waals surface area contributed by atoms with Gasteiger partial charge in [0.2, 0.25) is 0 Å². The number of benzene rings is 3. The van der Waals surface area contributed by atoms with Crippen LogP contribution in [-0.2, 0) is 4.79 Å². The van der Waals surface area contributed by atoms with Crippen molar-refractivity contribution in [2.45, 2.75) is 38.7 Å². The van der Waals surface area contributed by atoms with Gasteiger partial charge < -0.3 is 9.64 Å². The number of likely N-dealkylation sites (tertiary alicyclic amines) is 1. The number of fused-ring (bicyclic) bond motifs is 1. The molecule has 0 bridgehead atoms. The lowest BCUT2D eigenvalue weighted by Crippen LogP contribution is -2.52. The summed E-state index contributed by atoms with van der Waals surface area (Å²) >= 11 is 0. The average Bonchev–Trinajstić information content (AvgIpc) is 2.86. The zero-order valence-corrected chi connectivity index (χ0v) is 19.7. The zero-order chi connectivity index (χ0) is 23.7. The van der Waals surface area contributed by atoms with Gasteiger partial charge in [0.15, 0.2) is 5.78 Å². The van der Waals surface area contributed by atoms with Crippen LogP contribution in [-0.4, -0.2) is 35.3 Å². The van der Waals surface area contributed by atoms with E-state index < -0.39 is 5.60 Å². The smallest absolute Gasteiger partial charge is 0.254 e. The molecule has 2 heterocycles. The van der Waals surface area contributed by atoms with Crippen molar-refractivity contribution in [3.05, 3.63) is 101 Å². The summed E-state index contributed by atoms with van der Waals surface area (Å²) < 4.78 is 6.54. The largest absolute Gasteiger partial charge is 0.486 e. The van der Waals surface area contributed by atoms with Gasteiger partial charge in [-0.05, 0) is 48.2 Å². The van der Waals surface area contributed by atoms with Gasteiger partial charge >= 0.3 is 0 Å². The van der Waals surface area contributed by atoms with Crippen LogP contribution >= 0.6 is 0 Å². The van der Waals surface area contributed by atoms with Gasteiger partial charge in [-0.2, -0.15) is 0 Å². The topological polar surface area (TPSA) is 46.6 Å². The van der Waals surface area contributed by atoms with Crippen LogP contribution in [0.4, 0.5) is 0 Å². The molecule has 0 saturated carbocycles. The third-order valence-corrected chi connectivity index (χ3v) is 7.17. The van der Waals surface area contributed by atoms with Crippen LogP contribution in [0.3, 0.4) is 0 Å². The number of amides is 1. The molecule has 1 amide bonds. The molecule has 0 unspecified atom stereocenters. The Morgan fingerprint density at radius 2 is 1.56 bits per heavy atom. The fourth-order valence-corrected chi connectivity index (χ4v) is 4.95. The van der Waals surface area contributed by atoms with Crippen LogP contribution in [0.15, 0.2) is 72.8 Å². The van der Waals surface area contributed by atoms with Crippen LogP contribution in [0, 0.1) is 13.8 Å². The number of aryl methyl sites for hydroxylation is 1. The monoisotopic (exact) mass is 451 g/mol. The van der Waals surface area contributed by atoms with E-state index in [-0.39, 0.29) is 11.7 Å². The Labute approximate surface area is 200 Å². The number of rotatable bonds is 3. The van der Waals surface area contributed by atoms with Gasteiger partial charge in [0.1, 0.15) is 11.4 Å². The first-order valence-electron chi connectivity index (χ1n) is 11.9. The lowest BCUT2D eigenvalue weighted by atomic mass is 9.81. The molecule has 0 radical (unpaired) electrons. The van der Waals surface area contributed by atoms with Crippen molar-refractivity contribution in [2.75, 3.05) is 13.1 Å². The number of nitrogens with zero attached hydrogens (tertiary/aromatic N) is 1. The van der Waals surface area contributed by atoms with Crippen molar-refractivity contribution in [3.8, 4) is 5.75 Å². The Morgan fingerprint density at radius 1 is 0.912 bits per heavy atom. The number of hydrogen-bond acceptors (Lipinski definition) is 3. The van der Waals surface area contributed by atoms with Crippen LogP contribution < -0.4 is 4.74 Å². The maximum absolute atomic E-state index is 13.7. The summed E-state index contributed by atoms with van der Waals surface area (Å²) in [5.41, 5.74) is 4.88. The normalized spacial score (nSPS) is 17.3. The quantitative estimate of drug-likeness (QED) is 0.370. The lowest BCUT2D eigenvalue weighted by Gasteiger charge is -2.44. The third kappa shape index (κ3) is 4.16. The second-order valence-corrected chi connectivity index (χ2v) is 9.40. The highest BCUT2D eigenvalue weighted by Gasteiger charge is 2.44. The second kappa shape index (κ2) is 8.94. The highest BCUT2D eigenvalue weighted by atomic mass is 16.5. The molecule has 0 N–H and O–H groups in total. The molecule has 0 aliphatic carbocycles.